The third-order valence-corrected chi connectivity index (χ3v) is 26.6. The van der Waals surface area contributed by atoms with Gasteiger partial charge in [0, 0.05) is 184 Å². The van der Waals surface area contributed by atoms with Gasteiger partial charge in [-0.1, -0.05) is 71.9 Å². The fourth-order valence-corrected chi connectivity index (χ4v) is 18.8. The van der Waals surface area contributed by atoms with E-state index in [0.717, 1.165) is 198 Å². The number of fused-ring (bicyclic) bond motifs is 8. The minimum Gasteiger partial charge on any atom is -0.339 e. The highest BCUT2D eigenvalue weighted by Crippen LogP contribution is 2.39. The van der Waals surface area contributed by atoms with Crippen molar-refractivity contribution in [2.24, 2.45) is 11.8 Å². The summed E-state index contributed by atoms with van der Waals surface area (Å²) in [5.74, 6) is 2.49. The smallest absolute Gasteiger partial charge is 0.256 e. The van der Waals surface area contributed by atoms with Crippen LogP contribution < -0.4 is 16.0 Å². The first kappa shape index (κ1) is 95.0. The van der Waals surface area contributed by atoms with E-state index < -0.39 is 0 Å². The zero-order valence-corrected chi connectivity index (χ0v) is 81.5. The van der Waals surface area contributed by atoms with E-state index in [4.69, 9.17) is 19.9 Å². The molecule has 0 radical (unpaired) electrons. The van der Waals surface area contributed by atoms with Crippen LogP contribution in [-0.4, -0.2) is 240 Å². The highest BCUT2D eigenvalue weighted by Gasteiger charge is 2.31. The van der Waals surface area contributed by atoms with E-state index in [1.54, 1.807) is 75.1 Å². The minimum absolute atomic E-state index is 0.0107. The molecule has 147 heavy (non-hydrogen) atoms. The van der Waals surface area contributed by atoms with E-state index >= 15 is 0 Å². The number of para-hydroxylation sites is 4. The maximum Gasteiger partial charge on any atom is 0.256 e. The number of likely N-dealkylation sites (tertiary alicyclic amines) is 4. The Kier molecular flexibility index (Phi) is 26.8. The van der Waals surface area contributed by atoms with Crippen LogP contribution in [0.1, 0.15) is 159 Å². The molecule has 11 N–H and O–H groups in total. The number of H-pyrrole nitrogens is 8. The van der Waals surface area contributed by atoms with Crippen molar-refractivity contribution in [1.29, 1.82) is 0 Å². The van der Waals surface area contributed by atoms with Crippen LogP contribution in [0.2, 0.25) is 0 Å². The standard InChI is InChI=1S/C28H28N8O2.C27H26N8O2.C27H25N7O2.C26H24N8O2/c1-16(2)10-23(37)31-19-11-17(13-29-15-19)18-12-21-25(34-35-26(21)30-14-18)27-32-22-7-5-6-20(24(22)33-27)28(38)36-8-3-4-9-36;1-15(2)26(36)30-18-10-16(12-28-14-18)17-11-20-23(33-34-24(20)29-13-17)25-31-21-7-5-6-19(22(21)32-25)27(37)35-8-3-4-9-35;1-2-19(35)13-18-9-8-16(14-28-18)17-12-21-24(32-33-25(21)29-15-17)26-30-22-7-5-6-20(23(22)31-26)27(36)34-10-3-4-11-34;1-2-21(35)29-17-10-15(12-27-14-17)16-11-19-23(32-33-24(19)28-13-16)25-30-20-7-5-6-18(22(20)31-25)26(36)34-8-3-4-9-34/h5-7,11-16H,3-4,8-10H2,1-2H3,(H,31,37)(H,32,33)(H,30,34,35);5-7,10-15H,3-4,8-9H2,1-2H3,(H,30,36)(H,31,32)(H,29,33,34);5-9,12,14-15H,2-4,10-11,13H2,1H3,(H,30,31)(H,29,32,33);5-7,10-14H,2-4,8-9H2,1H3,(H,29,35)(H,30,31)(H,28,32,33). The molecule has 20 heterocycles. The molecule has 0 aliphatic carbocycles. The third-order valence-electron chi connectivity index (χ3n) is 26.6. The maximum atomic E-state index is 13.1. The van der Waals surface area contributed by atoms with Crippen molar-refractivity contribution < 1.29 is 38.4 Å². The molecule has 24 rings (SSSR count). The van der Waals surface area contributed by atoms with Crippen LogP contribution in [0.25, 0.3) is 179 Å². The predicted octanol–water partition coefficient (Wildman–Crippen LogP) is 17.6. The lowest BCUT2D eigenvalue weighted by Crippen LogP contribution is -2.27. The van der Waals surface area contributed by atoms with Crippen LogP contribution in [0, 0.1) is 11.8 Å². The van der Waals surface area contributed by atoms with Crippen molar-refractivity contribution in [3.63, 3.8) is 0 Å². The van der Waals surface area contributed by atoms with Gasteiger partial charge in [0.25, 0.3) is 23.6 Å². The first-order chi connectivity index (χ1) is 71.6. The van der Waals surface area contributed by atoms with Crippen LogP contribution >= 0.6 is 0 Å². The zero-order chi connectivity index (χ0) is 101. The Labute approximate surface area is 839 Å². The third kappa shape index (κ3) is 20.0. The maximum absolute atomic E-state index is 13.1. The first-order valence-corrected chi connectivity index (χ1v) is 49.4. The molecule has 4 aromatic carbocycles. The highest BCUT2D eigenvalue weighted by molar-refractivity contribution is 6.11. The van der Waals surface area contributed by atoms with Gasteiger partial charge < -0.3 is 55.5 Å². The average Bonchev–Trinajstić information content (AvgIpc) is 1.62. The summed E-state index contributed by atoms with van der Waals surface area (Å²) in [7, 11) is 0. The van der Waals surface area contributed by atoms with Gasteiger partial charge in [-0.05, 0) is 154 Å². The van der Waals surface area contributed by atoms with Crippen molar-refractivity contribution in [2.75, 3.05) is 68.3 Å². The van der Waals surface area contributed by atoms with Crippen molar-refractivity contribution in [3.05, 3.63) is 224 Å². The number of Topliss-reactive ketones (excluding diaryl/α,β-unsaturated/α-hetero) is 1. The summed E-state index contributed by atoms with van der Waals surface area (Å²) >= 11 is 0. The first-order valence-electron chi connectivity index (χ1n) is 49.4. The molecule has 20 aromatic rings. The van der Waals surface area contributed by atoms with Gasteiger partial charge in [0.05, 0.1) is 102 Å². The van der Waals surface area contributed by atoms with Gasteiger partial charge in [-0.2, -0.15) is 20.4 Å². The normalized spacial score (nSPS) is 13.6. The highest BCUT2D eigenvalue weighted by atomic mass is 16.2. The minimum atomic E-state index is -0.134. The van der Waals surface area contributed by atoms with E-state index in [-0.39, 0.29) is 59.0 Å². The predicted molar refractivity (Wildman–Crippen MR) is 559 cm³/mol. The lowest BCUT2D eigenvalue weighted by atomic mass is 10.1. The second kappa shape index (κ2) is 41.4. The lowest BCUT2D eigenvalue weighted by molar-refractivity contribution is -0.119. The zero-order valence-electron chi connectivity index (χ0n) is 81.5. The molecule has 4 fully saturated rings. The summed E-state index contributed by atoms with van der Waals surface area (Å²) in [6.45, 7) is 17.6. The van der Waals surface area contributed by atoms with E-state index in [9.17, 15) is 38.4 Å². The van der Waals surface area contributed by atoms with E-state index in [0.29, 0.717) is 156 Å². The Bertz CT molecular complexity index is 8470. The van der Waals surface area contributed by atoms with Crippen molar-refractivity contribution >= 4 is 152 Å². The van der Waals surface area contributed by atoms with Gasteiger partial charge in [-0.25, -0.2) is 39.9 Å². The monoisotopic (exact) mass is 1960 g/mol. The van der Waals surface area contributed by atoms with Crippen LogP contribution in [0.4, 0.5) is 17.1 Å². The molecule has 4 aliphatic heterocycles. The van der Waals surface area contributed by atoms with E-state index in [2.05, 4.69) is 117 Å². The number of amides is 7. The molecule has 0 atom stereocenters. The molecule has 0 spiro atoms. The molecule has 16 aromatic heterocycles. The van der Waals surface area contributed by atoms with Crippen LogP contribution in [-0.2, 0) is 25.6 Å². The molecule has 39 nitrogen and oxygen atoms in total. The number of nitrogens with zero attached hydrogens (tertiary/aromatic N) is 20. The number of hydrogen-bond donors (Lipinski definition) is 11. The number of ketones is 1. The summed E-state index contributed by atoms with van der Waals surface area (Å²) in [6, 6.07) is 39.8. The average molecular weight is 1960 g/mol. The second-order valence-electron chi connectivity index (χ2n) is 37.6. The summed E-state index contributed by atoms with van der Waals surface area (Å²) in [5, 5.41) is 41.4. The number of imidazole rings is 4. The van der Waals surface area contributed by atoms with Gasteiger partial charge >= 0.3 is 0 Å². The number of anilines is 3. The van der Waals surface area contributed by atoms with Crippen LogP contribution in [0.5, 0.6) is 0 Å². The van der Waals surface area contributed by atoms with Gasteiger partial charge in [-0.15, -0.1) is 0 Å². The number of carbonyl (C=O) groups excluding carboxylic acids is 8. The molecule has 4 aliphatic rings. The van der Waals surface area contributed by atoms with Crippen molar-refractivity contribution in [2.45, 2.75) is 119 Å². The quantitative estimate of drug-likeness (QED) is 0.0300. The fraction of sp³-hybridized carbons (Fsp3) is 0.259. The number of aromatic nitrogens is 24. The number of hydrogen-bond acceptors (Lipinski definition) is 24. The van der Waals surface area contributed by atoms with Gasteiger partial charge in [-0.3, -0.25) is 78.7 Å². The van der Waals surface area contributed by atoms with Crippen LogP contribution in [0.3, 0.4) is 0 Å². The Hall–Kier alpha value is -18.2. The molecule has 0 saturated carbocycles. The van der Waals surface area contributed by atoms with Gasteiger partial charge in [0.2, 0.25) is 17.7 Å². The number of pyridine rings is 8. The number of nitrogens with one attached hydrogen (secondary N) is 11. The Morgan fingerprint density at radius 2 is 0.626 bits per heavy atom. The second-order valence-corrected chi connectivity index (χ2v) is 37.6. The van der Waals surface area contributed by atoms with E-state index in [1.807, 2.05) is 182 Å². The Balaban J connectivity index is 0.000000115. The molecule has 39 heteroatoms. The number of benzene rings is 4. The molecule has 0 bridgehead atoms. The summed E-state index contributed by atoms with van der Waals surface area (Å²) in [4.78, 5) is 176. The topological polar surface area (TPSA) is 518 Å². The Morgan fingerprint density at radius 1 is 0.327 bits per heavy atom. The largest absolute Gasteiger partial charge is 0.339 e. The number of carbonyl (C=O) groups is 8. The van der Waals surface area contributed by atoms with Crippen molar-refractivity contribution in [1.82, 2.24) is 140 Å². The summed E-state index contributed by atoms with van der Waals surface area (Å²) in [6.07, 6.45) is 28.7. The molecule has 0 unspecified atom stereocenters. The molecule has 4 saturated heterocycles. The lowest BCUT2D eigenvalue weighted by Gasteiger charge is -2.15. The van der Waals surface area contributed by atoms with Crippen LogP contribution in [0.15, 0.2) is 196 Å². The summed E-state index contributed by atoms with van der Waals surface area (Å²) in [5.41, 5.74) is 22.4. The molecular weight excluding hydrogens is 1860 g/mol. The molecular formula is C108H103N31O8. The fourth-order valence-electron chi connectivity index (χ4n) is 18.8. The Morgan fingerprint density at radius 3 is 0.918 bits per heavy atom. The molecule has 738 valence electrons. The number of rotatable bonds is 22. The molecule has 7 amide bonds. The number of aromatic amines is 8. The SMILES string of the molecule is CC(C)C(=O)Nc1cncc(-c2cnc3n[nH]c(-c4nc5c(C(=O)N6CCCC6)cccc5[nH]4)c3c2)c1.CC(C)CC(=O)Nc1cncc(-c2cnc3n[nH]c(-c4nc5c(C(=O)N6CCCC6)cccc5[nH]4)c3c2)c1.CCC(=O)Cc1ccc(-c2cnc3n[nH]c(-c4nc5c(C(=O)N6CCCC6)cccc5[nH]4)c3c2)cn1.CCC(=O)Nc1cncc(-c2cnc3n[nH]c(-c4nc5c(C(=O)N6CCCC6)cccc5[nH]4)c3c2)c1. The van der Waals surface area contributed by atoms with E-state index in [1.165, 1.54) is 0 Å². The van der Waals surface area contributed by atoms with Crippen molar-refractivity contribution in [3.8, 4) is 90.6 Å². The van der Waals surface area contributed by atoms with Gasteiger partial charge in [0.15, 0.2) is 45.9 Å². The summed E-state index contributed by atoms with van der Waals surface area (Å²) < 4.78 is 0. The van der Waals surface area contributed by atoms with Gasteiger partial charge in [0.1, 0.15) is 50.6 Å².